The summed E-state index contributed by atoms with van der Waals surface area (Å²) in [5, 5.41) is 0.372. The predicted octanol–water partition coefficient (Wildman–Crippen LogP) is 4.04. The number of hydrogen-bond acceptors (Lipinski definition) is 4. The van der Waals surface area contributed by atoms with Crippen LogP contribution in [-0.2, 0) is 0 Å². The van der Waals surface area contributed by atoms with Gasteiger partial charge >= 0.3 is 0 Å². The van der Waals surface area contributed by atoms with E-state index < -0.39 is 0 Å². The number of nitrogens with zero attached hydrogens (tertiary/aromatic N) is 3. The first-order valence-electron chi connectivity index (χ1n) is 7.25. The third-order valence-electron chi connectivity index (χ3n) is 3.20. The van der Waals surface area contributed by atoms with Gasteiger partial charge in [-0.2, -0.15) is 0 Å². The third kappa shape index (κ3) is 5.16. The van der Waals surface area contributed by atoms with Crippen LogP contribution in [0.15, 0.2) is 6.33 Å². The standard InChI is InChI=1S/C15H26ClN3O/c1-11(2)6-8-19(9-7-12(3)4)15-13(20-5)14(16)17-10-18-15/h10-12H,6-9H2,1-5H3. The van der Waals surface area contributed by atoms with Crippen molar-refractivity contribution in [3.05, 3.63) is 11.5 Å². The van der Waals surface area contributed by atoms with Crippen molar-refractivity contribution in [2.24, 2.45) is 11.8 Å². The van der Waals surface area contributed by atoms with Crippen LogP contribution >= 0.6 is 11.6 Å². The molecular formula is C15H26ClN3O. The first-order chi connectivity index (χ1) is 9.45. The summed E-state index contributed by atoms with van der Waals surface area (Å²) in [7, 11) is 1.61. The van der Waals surface area contributed by atoms with Crippen molar-refractivity contribution in [1.82, 2.24) is 9.97 Å². The van der Waals surface area contributed by atoms with Crippen LogP contribution in [0.4, 0.5) is 5.82 Å². The second kappa shape index (κ2) is 8.30. The fraction of sp³-hybridized carbons (Fsp3) is 0.733. The van der Waals surface area contributed by atoms with E-state index in [1.165, 1.54) is 6.33 Å². The minimum atomic E-state index is 0.372. The number of rotatable bonds is 8. The zero-order valence-corrected chi connectivity index (χ0v) is 13.9. The zero-order valence-electron chi connectivity index (χ0n) is 13.2. The van der Waals surface area contributed by atoms with Gasteiger partial charge in [-0.1, -0.05) is 39.3 Å². The highest BCUT2D eigenvalue weighted by Gasteiger charge is 2.17. The molecule has 0 saturated carbocycles. The molecule has 0 fully saturated rings. The molecule has 0 amide bonds. The molecule has 0 N–H and O–H groups in total. The van der Waals surface area contributed by atoms with E-state index in [1.54, 1.807) is 7.11 Å². The number of ether oxygens (including phenoxy) is 1. The molecule has 1 rings (SSSR count). The lowest BCUT2D eigenvalue weighted by atomic mass is 10.1. The topological polar surface area (TPSA) is 38.3 Å². The van der Waals surface area contributed by atoms with Crippen molar-refractivity contribution in [2.75, 3.05) is 25.1 Å². The molecule has 0 aromatic carbocycles. The summed E-state index contributed by atoms with van der Waals surface area (Å²) in [6.45, 7) is 10.8. The summed E-state index contributed by atoms with van der Waals surface area (Å²) < 4.78 is 5.37. The van der Waals surface area contributed by atoms with Gasteiger partial charge < -0.3 is 9.64 Å². The van der Waals surface area contributed by atoms with E-state index in [1.807, 2.05) is 0 Å². The number of halogens is 1. The Morgan fingerprint density at radius 1 is 1.10 bits per heavy atom. The van der Waals surface area contributed by atoms with Gasteiger partial charge in [-0.25, -0.2) is 9.97 Å². The van der Waals surface area contributed by atoms with Crippen molar-refractivity contribution < 1.29 is 4.74 Å². The quantitative estimate of drug-likeness (QED) is 0.679. The Hall–Kier alpha value is -1.03. The summed E-state index contributed by atoms with van der Waals surface area (Å²) in [5.74, 6) is 2.68. The summed E-state index contributed by atoms with van der Waals surface area (Å²) in [5.41, 5.74) is 0. The van der Waals surface area contributed by atoms with Gasteiger partial charge in [-0.05, 0) is 24.7 Å². The molecule has 114 valence electrons. The molecule has 0 bridgehead atoms. The second-order valence-corrected chi connectivity index (χ2v) is 6.23. The van der Waals surface area contributed by atoms with Crippen molar-refractivity contribution in [2.45, 2.75) is 40.5 Å². The molecule has 0 saturated heterocycles. The largest absolute Gasteiger partial charge is 0.490 e. The lowest BCUT2D eigenvalue weighted by molar-refractivity contribution is 0.408. The lowest BCUT2D eigenvalue weighted by Crippen LogP contribution is -2.29. The highest BCUT2D eigenvalue weighted by Crippen LogP contribution is 2.32. The number of anilines is 1. The predicted molar refractivity (Wildman–Crippen MR) is 84.7 cm³/mol. The molecule has 4 nitrogen and oxygen atoms in total. The molecular weight excluding hydrogens is 274 g/mol. The van der Waals surface area contributed by atoms with E-state index >= 15 is 0 Å². The second-order valence-electron chi connectivity index (χ2n) is 5.87. The minimum Gasteiger partial charge on any atom is -0.490 e. The van der Waals surface area contributed by atoms with Crippen LogP contribution in [0.2, 0.25) is 5.15 Å². The Balaban J connectivity index is 2.93. The molecule has 0 radical (unpaired) electrons. The maximum atomic E-state index is 6.10. The molecule has 1 aromatic heterocycles. The number of aromatic nitrogens is 2. The van der Waals surface area contributed by atoms with Gasteiger partial charge in [-0.15, -0.1) is 0 Å². The number of hydrogen-bond donors (Lipinski definition) is 0. The van der Waals surface area contributed by atoms with Gasteiger partial charge in [0.2, 0.25) is 0 Å². The highest BCUT2D eigenvalue weighted by atomic mass is 35.5. The molecule has 0 atom stereocenters. The van der Waals surface area contributed by atoms with Crippen LogP contribution in [0.3, 0.4) is 0 Å². The number of methoxy groups -OCH3 is 1. The molecule has 1 heterocycles. The monoisotopic (exact) mass is 299 g/mol. The van der Waals surface area contributed by atoms with Crippen molar-refractivity contribution in [3.8, 4) is 5.75 Å². The van der Waals surface area contributed by atoms with E-state index in [4.69, 9.17) is 16.3 Å². The zero-order chi connectivity index (χ0) is 15.1. The van der Waals surface area contributed by atoms with E-state index in [2.05, 4.69) is 42.6 Å². The molecule has 1 aromatic rings. The lowest BCUT2D eigenvalue weighted by Gasteiger charge is -2.26. The first kappa shape index (κ1) is 17.0. The van der Waals surface area contributed by atoms with Gasteiger partial charge in [0.05, 0.1) is 7.11 Å². The van der Waals surface area contributed by atoms with Crippen LogP contribution in [-0.4, -0.2) is 30.2 Å². The normalized spacial score (nSPS) is 11.2. The smallest absolute Gasteiger partial charge is 0.199 e. The highest BCUT2D eigenvalue weighted by molar-refractivity contribution is 6.31. The van der Waals surface area contributed by atoms with Crippen molar-refractivity contribution in [1.29, 1.82) is 0 Å². The Morgan fingerprint density at radius 3 is 2.10 bits per heavy atom. The van der Waals surface area contributed by atoms with Crippen molar-refractivity contribution in [3.63, 3.8) is 0 Å². The molecule has 0 aliphatic rings. The van der Waals surface area contributed by atoms with Gasteiger partial charge in [0.25, 0.3) is 0 Å². The SMILES string of the molecule is COc1c(Cl)ncnc1N(CCC(C)C)CCC(C)C. The van der Waals surface area contributed by atoms with Crippen molar-refractivity contribution >= 4 is 17.4 Å². The maximum absolute atomic E-state index is 6.10. The third-order valence-corrected chi connectivity index (χ3v) is 3.47. The van der Waals surface area contributed by atoms with Gasteiger partial charge in [-0.3, -0.25) is 0 Å². The Bertz CT molecular complexity index is 398. The van der Waals surface area contributed by atoms with Crippen LogP contribution in [0, 0.1) is 11.8 Å². The Labute approximate surface area is 127 Å². The molecule has 20 heavy (non-hydrogen) atoms. The van der Waals surface area contributed by atoms with Crippen LogP contribution in [0.5, 0.6) is 5.75 Å². The average Bonchev–Trinajstić information content (AvgIpc) is 2.38. The van der Waals surface area contributed by atoms with Crippen LogP contribution < -0.4 is 9.64 Å². The van der Waals surface area contributed by atoms with Gasteiger partial charge in [0.15, 0.2) is 16.7 Å². The molecule has 5 heteroatoms. The molecule has 0 spiro atoms. The first-order valence-corrected chi connectivity index (χ1v) is 7.62. The average molecular weight is 300 g/mol. The van der Waals surface area contributed by atoms with E-state index in [0.717, 1.165) is 31.7 Å². The summed E-state index contributed by atoms with van der Waals surface area (Å²) >= 11 is 6.10. The fourth-order valence-corrected chi connectivity index (χ4v) is 2.10. The van der Waals surface area contributed by atoms with Gasteiger partial charge in [0, 0.05) is 13.1 Å². The molecule has 0 aliphatic carbocycles. The fourth-order valence-electron chi connectivity index (χ4n) is 1.90. The maximum Gasteiger partial charge on any atom is 0.199 e. The summed E-state index contributed by atoms with van der Waals surface area (Å²) in [6.07, 6.45) is 3.73. The Kier molecular flexibility index (Phi) is 7.06. The van der Waals surface area contributed by atoms with Crippen LogP contribution in [0.25, 0.3) is 0 Å². The summed E-state index contributed by atoms with van der Waals surface area (Å²) in [6, 6.07) is 0. The Morgan fingerprint density at radius 2 is 1.65 bits per heavy atom. The molecule has 0 unspecified atom stereocenters. The summed E-state index contributed by atoms with van der Waals surface area (Å²) in [4.78, 5) is 10.6. The van der Waals surface area contributed by atoms with E-state index in [0.29, 0.717) is 22.7 Å². The minimum absolute atomic E-state index is 0.372. The van der Waals surface area contributed by atoms with Crippen LogP contribution in [0.1, 0.15) is 40.5 Å². The van der Waals surface area contributed by atoms with E-state index in [-0.39, 0.29) is 0 Å². The molecule has 0 aliphatic heterocycles. The van der Waals surface area contributed by atoms with E-state index in [9.17, 15) is 0 Å². The van der Waals surface area contributed by atoms with Gasteiger partial charge in [0.1, 0.15) is 6.33 Å².